The number of hydrogen-bond acceptors (Lipinski definition) is 3. The molecule has 0 heterocycles. The van der Waals surface area contributed by atoms with Crippen LogP contribution in [0.4, 0.5) is 0 Å². The molecule has 4 nitrogen and oxygen atoms in total. The number of benzene rings is 1. The van der Waals surface area contributed by atoms with Crippen LogP contribution >= 0.6 is 0 Å². The number of carbonyl (C=O) groups is 2. The maximum atomic E-state index is 11.0. The van der Waals surface area contributed by atoms with Crippen molar-refractivity contribution in [1.82, 2.24) is 0 Å². The monoisotopic (exact) mass is 235 g/mol. The van der Waals surface area contributed by atoms with E-state index in [4.69, 9.17) is 10.5 Å². The van der Waals surface area contributed by atoms with Crippen molar-refractivity contribution in [2.75, 3.05) is 0 Å². The summed E-state index contributed by atoms with van der Waals surface area (Å²) in [5.41, 5.74) is 8.01. The van der Waals surface area contributed by atoms with Crippen LogP contribution in [0.2, 0.25) is 0 Å². The van der Waals surface area contributed by atoms with Crippen LogP contribution in [0.15, 0.2) is 12.1 Å². The normalized spacial score (nSPS) is 10.1. The summed E-state index contributed by atoms with van der Waals surface area (Å²) < 4.78 is 5.15. The predicted molar refractivity (Wildman–Crippen MR) is 64.7 cm³/mol. The molecule has 0 aromatic heterocycles. The lowest BCUT2D eigenvalue weighted by Crippen LogP contribution is -2.13. The minimum Gasteiger partial charge on any atom is -0.426 e. The summed E-state index contributed by atoms with van der Waals surface area (Å²) in [5.74, 6) is -0.203. The van der Waals surface area contributed by atoms with Gasteiger partial charge in [0.05, 0.1) is 0 Å². The Balaban J connectivity index is 3.06. The Morgan fingerprint density at radius 3 is 2.47 bits per heavy atom. The lowest BCUT2D eigenvalue weighted by atomic mass is 10.00. The van der Waals surface area contributed by atoms with Crippen LogP contribution in [0.3, 0.4) is 0 Å². The number of nitrogens with two attached hydrogens (primary N) is 1. The first-order chi connectivity index (χ1) is 7.90. The van der Waals surface area contributed by atoms with Gasteiger partial charge in [-0.25, -0.2) is 0 Å². The van der Waals surface area contributed by atoms with Gasteiger partial charge >= 0.3 is 5.97 Å². The first-order valence-corrected chi connectivity index (χ1v) is 5.47. The van der Waals surface area contributed by atoms with E-state index < -0.39 is 0 Å². The summed E-state index contributed by atoms with van der Waals surface area (Å²) in [7, 11) is 0. The number of ether oxygens (including phenoxy) is 1. The highest BCUT2D eigenvalue weighted by molar-refractivity contribution is 5.74. The van der Waals surface area contributed by atoms with E-state index in [0.717, 1.165) is 16.7 Å². The molecule has 0 bridgehead atoms. The number of aryl methyl sites for hydroxylation is 2. The van der Waals surface area contributed by atoms with Gasteiger partial charge < -0.3 is 10.5 Å². The highest BCUT2D eigenvalue weighted by Crippen LogP contribution is 2.25. The lowest BCUT2D eigenvalue weighted by Gasteiger charge is -2.12. The number of esters is 1. The van der Waals surface area contributed by atoms with Crippen molar-refractivity contribution in [1.29, 1.82) is 0 Å². The zero-order valence-corrected chi connectivity index (χ0v) is 10.4. The van der Waals surface area contributed by atoms with Gasteiger partial charge in [0.15, 0.2) is 0 Å². The van der Waals surface area contributed by atoms with Gasteiger partial charge in [-0.3, -0.25) is 9.59 Å². The van der Waals surface area contributed by atoms with Crippen molar-refractivity contribution < 1.29 is 14.3 Å². The fraction of sp³-hybridized carbons (Fsp3) is 0.385. The van der Waals surface area contributed by atoms with Gasteiger partial charge in [0.25, 0.3) is 0 Å². The molecule has 0 saturated heterocycles. The van der Waals surface area contributed by atoms with E-state index in [1.54, 1.807) is 6.07 Å². The van der Waals surface area contributed by atoms with Crippen LogP contribution in [0.1, 0.15) is 30.0 Å². The summed E-state index contributed by atoms with van der Waals surface area (Å²) in [6.07, 6.45) is 0.738. The molecule has 17 heavy (non-hydrogen) atoms. The van der Waals surface area contributed by atoms with E-state index >= 15 is 0 Å². The molecule has 1 amide bonds. The molecule has 0 aliphatic heterocycles. The number of primary amides is 1. The van der Waals surface area contributed by atoms with Gasteiger partial charge in [-0.2, -0.15) is 0 Å². The molecule has 0 aliphatic rings. The highest BCUT2D eigenvalue weighted by atomic mass is 16.5. The summed E-state index contributed by atoms with van der Waals surface area (Å²) in [4.78, 5) is 21.8. The summed E-state index contributed by atoms with van der Waals surface area (Å²) >= 11 is 0. The molecule has 0 saturated carbocycles. The second-order valence-electron chi connectivity index (χ2n) is 4.12. The summed E-state index contributed by atoms with van der Waals surface area (Å²) in [6.45, 7) is 5.21. The molecule has 2 N–H and O–H groups in total. The van der Waals surface area contributed by atoms with Crippen LogP contribution in [0, 0.1) is 13.8 Å². The van der Waals surface area contributed by atoms with Crippen molar-refractivity contribution in [2.24, 2.45) is 5.73 Å². The molecule has 4 heteroatoms. The van der Waals surface area contributed by atoms with Crippen LogP contribution in [0.5, 0.6) is 5.75 Å². The zero-order valence-electron chi connectivity index (χ0n) is 10.4. The maximum Gasteiger partial charge on any atom is 0.308 e. The van der Waals surface area contributed by atoms with E-state index in [1.807, 2.05) is 19.9 Å². The molecule has 1 aromatic rings. The topological polar surface area (TPSA) is 69.4 Å². The summed E-state index contributed by atoms with van der Waals surface area (Å²) in [5, 5.41) is 0. The lowest BCUT2D eigenvalue weighted by molar-refractivity contribution is -0.131. The predicted octanol–water partition coefficient (Wildman–Crippen LogP) is 1.65. The molecule has 0 radical (unpaired) electrons. The van der Waals surface area contributed by atoms with Crippen LogP contribution < -0.4 is 10.5 Å². The standard InChI is InChI=1S/C13H17NO3/c1-8-6-9(2)11(4-5-13(14)16)12(7-8)17-10(3)15/h6-7H,4-5H2,1-3H3,(H2,14,16). The van der Waals surface area contributed by atoms with E-state index in [9.17, 15) is 9.59 Å². The smallest absolute Gasteiger partial charge is 0.308 e. The number of carbonyl (C=O) groups excluding carboxylic acids is 2. The minimum absolute atomic E-state index is 0.248. The van der Waals surface area contributed by atoms with Crippen LogP contribution in [-0.2, 0) is 16.0 Å². The van der Waals surface area contributed by atoms with Crippen molar-refractivity contribution in [3.63, 3.8) is 0 Å². The van der Waals surface area contributed by atoms with Gasteiger partial charge in [0, 0.05) is 13.3 Å². The van der Waals surface area contributed by atoms with Gasteiger partial charge in [-0.1, -0.05) is 6.07 Å². The Morgan fingerprint density at radius 1 is 1.29 bits per heavy atom. The molecule has 0 atom stereocenters. The van der Waals surface area contributed by atoms with E-state index in [-0.39, 0.29) is 18.3 Å². The van der Waals surface area contributed by atoms with Crippen molar-refractivity contribution in [2.45, 2.75) is 33.6 Å². The van der Waals surface area contributed by atoms with Crippen molar-refractivity contribution >= 4 is 11.9 Å². The van der Waals surface area contributed by atoms with Crippen LogP contribution in [-0.4, -0.2) is 11.9 Å². The fourth-order valence-electron chi connectivity index (χ4n) is 1.77. The van der Waals surface area contributed by atoms with E-state index in [0.29, 0.717) is 12.2 Å². The number of rotatable bonds is 4. The maximum absolute atomic E-state index is 11.0. The Labute approximate surface area is 101 Å². The van der Waals surface area contributed by atoms with Crippen molar-refractivity contribution in [3.05, 3.63) is 28.8 Å². The third-order valence-electron chi connectivity index (χ3n) is 2.45. The average Bonchev–Trinajstić information content (AvgIpc) is 2.14. The fourth-order valence-corrected chi connectivity index (χ4v) is 1.77. The van der Waals surface area contributed by atoms with Gasteiger partial charge in [-0.05, 0) is 43.0 Å². The van der Waals surface area contributed by atoms with E-state index in [2.05, 4.69) is 0 Å². The Bertz CT molecular complexity index is 452. The molecule has 0 unspecified atom stereocenters. The van der Waals surface area contributed by atoms with Gasteiger partial charge in [0.2, 0.25) is 5.91 Å². The number of amides is 1. The molecular weight excluding hydrogens is 218 g/mol. The van der Waals surface area contributed by atoms with Crippen molar-refractivity contribution in [3.8, 4) is 5.75 Å². The molecular formula is C13H17NO3. The third-order valence-corrected chi connectivity index (χ3v) is 2.45. The Morgan fingerprint density at radius 2 is 1.94 bits per heavy atom. The molecule has 0 aliphatic carbocycles. The Kier molecular flexibility index (Phi) is 4.26. The highest BCUT2D eigenvalue weighted by Gasteiger charge is 2.11. The minimum atomic E-state index is -0.365. The molecule has 92 valence electrons. The van der Waals surface area contributed by atoms with Gasteiger partial charge in [0.1, 0.15) is 5.75 Å². The SMILES string of the molecule is CC(=O)Oc1cc(C)cc(C)c1CCC(N)=O. The molecule has 0 spiro atoms. The van der Waals surface area contributed by atoms with E-state index in [1.165, 1.54) is 6.92 Å². The first kappa shape index (κ1) is 13.2. The second-order valence-corrected chi connectivity index (χ2v) is 4.12. The summed E-state index contributed by atoms with van der Waals surface area (Å²) in [6, 6.07) is 3.79. The van der Waals surface area contributed by atoms with Crippen LogP contribution in [0.25, 0.3) is 0 Å². The molecule has 0 fully saturated rings. The first-order valence-electron chi connectivity index (χ1n) is 5.47. The quantitative estimate of drug-likeness (QED) is 0.637. The second kappa shape index (κ2) is 5.48. The third kappa shape index (κ3) is 3.90. The van der Waals surface area contributed by atoms with Gasteiger partial charge in [-0.15, -0.1) is 0 Å². The average molecular weight is 235 g/mol. The zero-order chi connectivity index (χ0) is 13.0. The molecule has 1 rings (SSSR count). The molecule has 1 aromatic carbocycles. The largest absolute Gasteiger partial charge is 0.426 e. The Hall–Kier alpha value is -1.84. The number of hydrogen-bond donors (Lipinski definition) is 1.